The molecule has 0 unspecified atom stereocenters. The van der Waals surface area contributed by atoms with Gasteiger partial charge in [0.25, 0.3) is 0 Å². The van der Waals surface area contributed by atoms with E-state index in [4.69, 9.17) is 15.2 Å². The Kier molecular flexibility index (Phi) is 8.09. The fraction of sp³-hybridized carbons (Fsp3) is 0.556. The van der Waals surface area contributed by atoms with Crippen LogP contribution in [0.2, 0.25) is 0 Å². The summed E-state index contributed by atoms with van der Waals surface area (Å²) in [5.41, 5.74) is 6.36. The first-order chi connectivity index (χ1) is 13.4. The Morgan fingerprint density at radius 1 is 1.39 bits per heavy atom. The highest BCUT2D eigenvalue weighted by Gasteiger charge is 2.23. The van der Waals surface area contributed by atoms with Crippen molar-refractivity contribution >= 4 is 12.1 Å². The number of rotatable bonds is 7. The van der Waals surface area contributed by atoms with E-state index < -0.39 is 6.61 Å². The number of nitrogens with zero attached hydrogens (tertiary/aromatic N) is 2. The Bertz CT molecular complexity index is 680. The van der Waals surface area contributed by atoms with Crippen molar-refractivity contribution in [3.63, 3.8) is 0 Å². The molecular weight excluding hydrogens is 374 g/mol. The maximum absolute atomic E-state index is 12.6. The fourth-order valence-corrected chi connectivity index (χ4v) is 2.86. The average Bonchev–Trinajstić information content (AvgIpc) is 2.67. The molecule has 0 bridgehead atoms. The molecule has 156 valence electrons. The van der Waals surface area contributed by atoms with E-state index in [1.54, 1.807) is 17.9 Å². The number of benzene rings is 1. The number of alkyl halides is 2. The van der Waals surface area contributed by atoms with Crippen LogP contribution >= 0.6 is 0 Å². The third kappa shape index (κ3) is 6.43. The van der Waals surface area contributed by atoms with Gasteiger partial charge in [-0.1, -0.05) is 0 Å². The number of guanidine groups is 1. The number of carbonyl (C=O) groups excluding carboxylic acids is 1. The van der Waals surface area contributed by atoms with Gasteiger partial charge in [0.2, 0.25) is 0 Å². The second-order valence-electron chi connectivity index (χ2n) is 6.16. The van der Waals surface area contributed by atoms with Crippen molar-refractivity contribution in [3.05, 3.63) is 23.8 Å². The Hall–Kier alpha value is -2.78. The molecule has 0 radical (unpaired) electrons. The van der Waals surface area contributed by atoms with Gasteiger partial charge in [0, 0.05) is 24.7 Å². The molecular formula is C18H26F2N4O4. The Morgan fingerprint density at radius 3 is 2.71 bits per heavy atom. The Balaban J connectivity index is 1.92. The van der Waals surface area contributed by atoms with Crippen molar-refractivity contribution in [1.82, 2.24) is 10.2 Å². The van der Waals surface area contributed by atoms with Crippen LogP contribution in [0, 0.1) is 0 Å². The van der Waals surface area contributed by atoms with Crippen molar-refractivity contribution in [1.29, 1.82) is 0 Å². The third-order valence-corrected chi connectivity index (χ3v) is 4.28. The molecule has 28 heavy (non-hydrogen) atoms. The zero-order valence-corrected chi connectivity index (χ0v) is 16.0. The first-order valence-corrected chi connectivity index (χ1v) is 9.02. The second kappa shape index (κ2) is 10.5. The normalized spacial score (nSPS) is 15.5. The van der Waals surface area contributed by atoms with Crippen molar-refractivity contribution in [3.8, 4) is 11.5 Å². The number of likely N-dealkylation sites (tertiary alicyclic amines) is 1. The van der Waals surface area contributed by atoms with Gasteiger partial charge < -0.3 is 30.2 Å². The zero-order valence-electron chi connectivity index (χ0n) is 16.0. The van der Waals surface area contributed by atoms with E-state index >= 15 is 0 Å². The van der Waals surface area contributed by atoms with Crippen LogP contribution < -0.4 is 20.5 Å². The molecule has 8 nitrogen and oxygen atoms in total. The van der Waals surface area contributed by atoms with Gasteiger partial charge in [0.1, 0.15) is 11.5 Å². The molecule has 1 amide bonds. The number of ether oxygens (including phenoxy) is 3. The molecule has 0 aliphatic carbocycles. The first kappa shape index (κ1) is 21.5. The smallest absolute Gasteiger partial charge is 0.409 e. The van der Waals surface area contributed by atoms with Crippen LogP contribution in [0.1, 0.15) is 25.3 Å². The van der Waals surface area contributed by atoms with Crippen LogP contribution in [-0.2, 0) is 11.3 Å². The van der Waals surface area contributed by atoms with E-state index in [0.717, 1.165) is 0 Å². The lowest BCUT2D eigenvalue weighted by atomic mass is 10.1. The summed E-state index contributed by atoms with van der Waals surface area (Å²) in [6.45, 7) is 0.357. The van der Waals surface area contributed by atoms with Crippen LogP contribution in [0.3, 0.4) is 0 Å². The largest absolute Gasteiger partial charge is 0.497 e. The Morgan fingerprint density at radius 2 is 2.11 bits per heavy atom. The third-order valence-electron chi connectivity index (χ3n) is 4.28. The fourth-order valence-electron chi connectivity index (χ4n) is 2.86. The highest BCUT2D eigenvalue weighted by Crippen LogP contribution is 2.26. The number of nitrogens with two attached hydrogens (primary N) is 1. The number of amides is 1. The van der Waals surface area contributed by atoms with Gasteiger partial charge in [-0.3, -0.25) is 0 Å². The SMILES string of the molecule is CCOC(=O)N1CCC(NC(N)=NCc2cc(OC)ccc2OC(F)F)CC1. The molecule has 0 atom stereocenters. The molecule has 1 aromatic rings. The van der Waals surface area contributed by atoms with Crippen molar-refractivity contribution < 1.29 is 27.8 Å². The summed E-state index contributed by atoms with van der Waals surface area (Å²) in [6, 6.07) is 4.58. The summed E-state index contributed by atoms with van der Waals surface area (Å²) in [5.74, 6) is 0.722. The number of hydrogen-bond donors (Lipinski definition) is 2. The lowest BCUT2D eigenvalue weighted by Gasteiger charge is -2.31. The number of carbonyl (C=O) groups is 1. The van der Waals surface area contributed by atoms with E-state index in [2.05, 4.69) is 15.0 Å². The van der Waals surface area contributed by atoms with E-state index in [-0.39, 0.29) is 30.4 Å². The molecule has 1 aliphatic heterocycles. The summed E-state index contributed by atoms with van der Waals surface area (Å²) in [5, 5.41) is 3.10. The second-order valence-corrected chi connectivity index (χ2v) is 6.16. The van der Waals surface area contributed by atoms with Crippen LogP contribution in [-0.4, -0.2) is 56.4 Å². The zero-order chi connectivity index (χ0) is 20.5. The van der Waals surface area contributed by atoms with Gasteiger partial charge in [0.05, 0.1) is 20.3 Å². The van der Waals surface area contributed by atoms with E-state index in [9.17, 15) is 13.6 Å². The maximum Gasteiger partial charge on any atom is 0.409 e. The predicted molar refractivity (Wildman–Crippen MR) is 99.7 cm³/mol. The number of aliphatic imine (C=N–C) groups is 1. The van der Waals surface area contributed by atoms with Crippen LogP contribution in [0.5, 0.6) is 11.5 Å². The summed E-state index contributed by atoms with van der Waals surface area (Å²) in [7, 11) is 1.48. The number of hydrogen-bond acceptors (Lipinski definition) is 5. The highest BCUT2D eigenvalue weighted by atomic mass is 19.3. The molecule has 1 heterocycles. The first-order valence-electron chi connectivity index (χ1n) is 9.02. The van der Waals surface area contributed by atoms with Crippen LogP contribution in [0.4, 0.5) is 13.6 Å². The molecule has 1 saturated heterocycles. The van der Waals surface area contributed by atoms with Gasteiger partial charge in [-0.25, -0.2) is 9.79 Å². The van der Waals surface area contributed by atoms with Gasteiger partial charge in [-0.15, -0.1) is 0 Å². The lowest BCUT2D eigenvalue weighted by molar-refractivity contribution is -0.0504. The van der Waals surface area contributed by atoms with Gasteiger partial charge in [-0.2, -0.15) is 8.78 Å². The Labute approximate surface area is 162 Å². The quantitative estimate of drug-likeness (QED) is 0.538. The van der Waals surface area contributed by atoms with Crippen molar-refractivity contribution in [2.75, 3.05) is 26.8 Å². The molecule has 1 aliphatic rings. The molecule has 0 saturated carbocycles. The summed E-state index contributed by atoms with van der Waals surface area (Å²) in [4.78, 5) is 17.6. The minimum absolute atomic E-state index is 0.0232. The molecule has 3 N–H and O–H groups in total. The minimum Gasteiger partial charge on any atom is -0.497 e. The lowest BCUT2D eigenvalue weighted by Crippen LogP contribution is -2.48. The molecule has 10 heteroatoms. The molecule has 2 rings (SSSR count). The van der Waals surface area contributed by atoms with Gasteiger partial charge in [-0.05, 0) is 38.0 Å². The number of methoxy groups -OCH3 is 1. The van der Waals surface area contributed by atoms with Crippen LogP contribution in [0.25, 0.3) is 0 Å². The standard InChI is InChI=1S/C18H26F2N4O4/c1-3-27-18(25)24-8-6-13(7-9-24)23-17(21)22-11-12-10-14(26-2)4-5-15(12)28-16(19)20/h4-5,10,13,16H,3,6-9,11H2,1-2H3,(H3,21,22,23). The minimum atomic E-state index is -2.93. The average molecular weight is 400 g/mol. The number of piperidine rings is 1. The maximum atomic E-state index is 12.6. The monoisotopic (exact) mass is 400 g/mol. The van der Waals surface area contributed by atoms with Gasteiger partial charge in [0.15, 0.2) is 5.96 Å². The molecule has 1 aromatic carbocycles. The molecule has 0 spiro atoms. The summed E-state index contributed by atoms with van der Waals surface area (Å²) < 4.78 is 39.7. The number of nitrogens with one attached hydrogen (secondary N) is 1. The summed E-state index contributed by atoms with van der Waals surface area (Å²) >= 11 is 0. The molecule has 1 fully saturated rings. The topological polar surface area (TPSA) is 98.4 Å². The summed E-state index contributed by atoms with van der Waals surface area (Å²) in [6.07, 6.45) is 1.09. The van der Waals surface area contributed by atoms with E-state index in [1.807, 2.05) is 0 Å². The predicted octanol–water partition coefficient (Wildman–Crippen LogP) is 2.32. The van der Waals surface area contributed by atoms with E-state index in [0.29, 0.717) is 43.9 Å². The molecule has 0 aromatic heterocycles. The van der Waals surface area contributed by atoms with Gasteiger partial charge >= 0.3 is 12.7 Å². The van der Waals surface area contributed by atoms with Crippen molar-refractivity contribution in [2.24, 2.45) is 10.7 Å². The highest BCUT2D eigenvalue weighted by molar-refractivity contribution is 5.78. The van der Waals surface area contributed by atoms with Crippen molar-refractivity contribution in [2.45, 2.75) is 39.0 Å². The number of halogens is 2. The van der Waals surface area contributed by atoms with Crippen LogP contribution in [0.15, 0.2) is 23.2 Å². The van der Waals surface area contributed by atoms with E-state index in [1.165, 1.54) is 19.2 Å².